The Morgan fingerprint density at radius 3 is 2.71 bits per heavy atom. The summed E-state index contributed by atoms with van der Waals surface area (Å²) in [6.45, 7) is 5.13. The van der Waals surface area contributed by atoms with E-state index in [0.717, 1.165) is 6.61 Å². The Morgan fingerprint density at radius 2 is 2.00 bits per heavy atom. The molecule has 2 fully saturated rings. The second-order valence-electron chi connectivity index (χ2n) is 4.67. The van der Waals surface area contributed by atoms with Gasteiger partial charge in [0.25, 0.3) is 0 Å². The van der Waals surface area contributed by atoms with Crippen LogP contribution in [0.3, 0.4) is 0 Å². The molecule has 70 valence electrons. The largest absolute Gasteiger partial charge is 0.364 e. The SMILES string of the molecule is C=C1[C@H]2C[C@H](c3ccccc32)[C@]12CO2. The predicted molar refractivity (Wildman–Crippen MR) is 54.4 cm³/mol. The summed E-state index contributed by atoms with van der Waals surface area (Å²) in [5.74, 6) is 1.19. The van der Waals surface area contributed by atoms with Crippen LogP contribution in [0.5, 0.6) is 0 Å². The van der Waals surface area contributed by atoms with Crippen molar-refractivity contribution in [2.24, 2.45) is 0 Å². The lowest BCUT2D eigenvalue weighted by molar-refractivity contribution is 0.318. The number of epoxide rings is 1. The molecule has 0 radical (unpaired) electrons. The highest BCUT2D eigenvalue weighted by Crippen LogP contribution is 2.66. The summed E-state index contributed by atoms with van der Waals surface area (Å²) in [7, 11) is 0. The Hall–Kier alpha value is -1.08. The fourth-order valence-corrected chi connectivity index (χ4v) is 3.39. The summed E-state index contributed by atoms with van der Waals surface area (Å²) in [6.07, 6.45) is 1.23. The highest BCUT2D eigenvalue weighted by molar-refractivity contribution is 5.56. The van der Waals surface area contributed by atoms with E-state index < -0.39 is 0 Å². The van der Waals surface area contributed by atoms with E-state index in [1.54, 1.807) is 0 Å². The minimum absolute atomic E-state index is 0.0685. The molecule has 1 heterocycles. The average molecular weight is 184 g/mol. The van der Waals surface area contributed by atoms with Crippen molar-refractivity contribution in [1.29, 1.82) is 0 Å². The molecule has 0 unspecified atom stereocenters. The van der Waals surface area contributed by atoms with Crippen LogP contribution in [0.15, 0.2) is 36.4 Å². The Balaban J connectivity index is 1.99. The van der Waals surface area contributed by atoms with Gasteiger partial charge in [-0.05, 0) is 23.1 Å². The van der Waals surface area contributed by atoms with Gasteiger partial charge in [-0.2, -0.15) is 0 Å². The molecule has 1 nitrogen and oxygen atoms in total. The average Bonchev–Trinajstić information content (AvgIpc) is 2.84. The quantitative estimate of drug-likeness (QED) is 0.446. The molecule has 1 saturated heterocycles. The molecule has 1 aromatic rings. The van der Waals surface area contributed by atoms with Crippen molar-refractivity contribution in [1.82, 2.24) is 0 Å². The zero-order chi connectivity index (χ0) is 9.34. The monoisotopic (exact) mass is 184 g/mol. The van der Waals surface area contributed by atoms with Gasteiger partial charge in [0.15, 0.2) is 0 Å². The van der Waals surface area contributed by atoms with Crippen LogP contribution in [0.2, 0.25) is 0 Å². The summed E-state index contributed by atoms with van der Waals surface area (Å²) in [5, 5.41) is 0. The molecule has 1 aliphatic heterocycles. The van der Waals surface area contributed by atoms with Crippen molar-refractivity contribution in [3.8, 4) is 0 Å². The van der Waals surface area contributed by atoms with Gasteiger partial charge < -0.3 is 4.74 Å². The molecule has 1 heteroatoms. The van der Waals surface area contributed by atoms with E-state index in [9.17, 15) is 0 Å². The summed E-state index contributed by atoms with van der Waals surface area (Å²) >= 11 is 0. The molecule has 14 heavy (non-hydrogen) atoms. The summed E-state index contributed by atoms with van der Waals surface area (Å²) in [6, 6.07) is 8.78. The van der Waals surface area contributed by atoms with Crippen LogP contribution in [0.1, 0.15) is 29.4 Å². The van der Waals surface area contributed by atoms with E-state index in [4.69, 9.17) is 4.74 Å². The lowest BCUT2D eigenvalue weighted by Crippen LogP contribution is -2.21. The molecule has 1 saturated carbocycles. The van der Waals surface area contributed by atoms with Crippen molar-refractivity contribution < 1.29 is 4.74 Å². The van der Waals surface area contributed by atoms with Crippen molar-refractivity contribution in [2.45, 2.75) is 23.9 Å². The zero-order valence-electron chi connectivity index (χ0n) is 7.99. The maximum Gasteiger partial charge on any atom is 0.120 e. The van der Waals surface area contributed by atoms with E-state index in [2.05, 4.69) is 30.8 Å². The molecule has 4 rings (SSSR count). The third-order valence-corrected chi connectivity index (χ3v) is 4.20. The molecule has 3 atom stereocenters. The second-order valence-corrected chi connectivity index (χ2v) is 4.67. The molecular formula is C13H12O. The Morgan fingerprint density at radius 1 is 1.29 bits per heavy atom. The minimum Gasteiger partial charge on any atom is -0.364 e. The van der Waals surface area contributed by atoms with Gasteiger partial charge in [0.2, 0.25) is 0 Å². The molecule has 2 aliphatic carbocycles. The summed E-state index contributed by atoms with van der Waals surface area (Å²) < 4.78 is 5.66. The standard InChI is InChI=1S/C13H12O/c1-8-11-6-12(13(8)7-14-13)10-5-3-2-4-9(10)11/h2-5,11-12H,1,6-7H2/t11-,12-,13+/m1/s1. The van der Waals surface area contributed by atoms with Crippen LogP contribution in [-0.4, -0.2) is 12.2 Å². The van der Waals surface area contributed by atoms with Gasteiger partial charge in [0.1, 0.15) is 5.60 Å². The molecule has 2 bridgehead atoms. The molecular weight excluding hydrogens is 172 g/mol. The van der Waals surface area contributed by atoms with Crippen LogP contribution in [0.4, 0.5) is 0 Å². The zero-order valence-corrected chi connectivity index (χ0v) is 7.99. The van der Waals surface area contributed by atoms with Gasteiger partial charge >= 0.3 is 0 Å². The fourth-order valence-electron chi connectivity index (χ4n) is 3.39. The van der Waals surface area contributed by atoms with Gasteiger partial charge in [0.05, 0.1) is 6.61 Å². The molecule has 3 aliphatic rings. The maximum atomic E-state index is 5.66. The molecule has 1 aromatic carbocycles. The Bertz CT molecular complexity index is 442. The van der Waals surface area contributed by atoms with E-state index >= 15 is 0 Å². The minimum atomic E-state index is 0.0685. The van der Waals surface area contributed by atoms with Gasteiger partial charge in [-0.1, -0.05) is 30.8 Å². The van der Waals surface area contributed by atoms with E-state index in [-0.39, 0.29) is 5.60 Å². The number of hydrogen-bond acceptors (Lipinski definition) is 1. The van der Waals surface area contributed by atoms with Gasteiger partial charge in [-0.15, -0.1) is 0 Å². The van der Waals surface area contributed by atoms with Crippen LogP contribution < -0.4 is 0 Å². The third kappa shape index (κ3) is 0.583. The van der Waals surface area contributed by atoms with Crippen molar-refractivity contribution >= 4 is 0 Å². The molecule has 0 aromatic heterocycles. The first kappa shape index (κ1) is 7.24. The highest BCUT2D eigenvalue weighted by atomic mass is 16.6. The van der Waals surface area contributed by atoms with E-state index in [0.29, 0.717) is 11.8 Å². The topological polar surface area (TPSA) is 12.5 Å². The lowest BCUT2D eigenvalue weighted by atomic mass is 9.81. The number of benzene rings is 1. The number of rotatable bonds is 0. The van der Waals surface area contributed by atoms with Gasteiger partial charge in [0, 0.05) is 11.8 Å². The Kier molecular flexibility index (Phi) is 1.01. The van der Waals surface area contributed by atoms with E-state index in [1.807, 2.05) is 0 Å². The first-order valence-electron chi connectivity index (χ1n) is 5.25. The van der Waals surface area contributed by atoms with Crippen LogP contribution >= 0.6 is 0 Å². The number of hydrogen-bond donors (Lipinski definition) is 0. The van der Waals surface area contributed by atoms with Crippen LogP contribution in [0, 0.1) is 0 Å². The van der Waals surface area contributed by atoms with Crippen LogP contribution in [0.25, 0.3) is 0 Å². The van der Waals surface area contributed by atoms with Crippen LogP contribution in [-0.2, 0) is 4.74 Å². The van der Waals surface area contributed by atoms with E-state index in [1.165, 1.54) is 23.1 Å². The van der Waals surface area contributed by atoms with Gasteiger partial charge in [-0.3, -0.25) is 0 Å². The first-order chi connectivity index (χ1) is 6.83. The highest BCUT2D eigenvalue weighted by Gasteiger charge is 2.64. The van der Waals surface area contributed by atoms with Crippen molar-refractivity contribution in [3.63, 3.8) is 0 Å². The smallest absolute Gasteiger partial charge is 0.120 e. The molecule has 0 amide bonds. The summed E-state index contributed by atoms with van der Waals surface area (Å²) in [4.78, 5) is 0. The van der Waals surface area contributed by atoms with Gasteiger partial charge in [-0.25, -0.2) is 0 Å². The first-order valence-corrected chi connectivity index (χ1v) is 5.25. The normalized spacial score (nSPS) is 41.9. The number of ether oxygens (including phenoxy) is 1. The number of fused-ring (bicyclic) bond motifs is 6. The second kappa shape index (κ2) is 1.96. The molecule has 1 spiro atoms. The third-order valence-electron chi connectivity index (χ3n) is 4.20. The Labute approximate surface area is 83.4 Å². The lowest BCUT2D eigenvalue weighted by Gasteiger charge is -2.23. The summed E-state index contributed by atoms with van der Waals surface area (Å²) in [5.41, 5.74) is 4.42. The predicted octanol–water partition coefficient (Wildman–Crippen LogP) is 2.60. The molecule has 0 N–H and O–H groups in total. The van der Waals surface area contributed by atoms with Crippen molar-refractivity contribution in [2.75, 3.05) is 6.61 Å². The fraction of sp³-hybridized carbons (Fsp3) is 0.385. The van der Waals surface area contributed by atoms with Crippen molar-refractivity contribution in [3.05, 3.63) is 47.5 Å². The maximum absolute atomic E-state index is 5.66.